The highest BCUT2D eigenvalue weighted by atomic mass is 32.2. The normalized spacial score (nSPS) is 11.9. The number of nitrogens with zero attached hydrogens (tertiary/aromatic N) is 1. The molecule has 0 atom stereocenters. The van der Waals surface area contributed by atoms with Crippen molar-refractivity contribution >= 4 is 19.7 Å². The van der Waals surface area contributed by atoms with Gasteiger partial charge in [-0.25, -0.2) is 16.8 Å². The smallest absolute Gasteiger partial charge is 0.386 e. The molecule has 11 heteroatoms. The summed E-state index contributed by atoms with van der Waals surface area (Å²) in [4.78, 5) is 12.0. The Kier molecular flexibility index (Phi) is 5.55. The van der Waals surface area contributed by atoms with Crippen LogP contribution in [0.5, 0.6) is 5.75 Å². The molecule has 0 fully saturated rings. The third kappa shape index (κ3) is 3.67. The molecular weight excluding hydrogens is 420 g/mol. The summed E-state index contributed by atoms with van der Waals surface area (Å²) >= 11 is 0. The highest BCUT2D eigenvalue weighted by molar-refractivity contribution is 7.91. The van der Waals surface area contributed by atoms with Crippen LogP contribution >= 0.6 is 0 Å². The highest BCUT2D eigenvalue weighted by Gasteiger charge is 2.34. The average molecular weight is 437 g/mol. The Labute approximate surface area is 166 Å². The van der Waals surface area contributed by atoms with Gasteiger partial charge in [0.25, 0.3) is 9.84 Å². The maximum Gasteiger partial charge on any atom is 0.386 e. The Morgan fingerprint density at radius 2 is 1.52 bits per heavy atom. The van der Waals surface area contributed by atoms with Gasteiger partial charge in [-0.3, -0.25) is 0 Å². The number of nitrogens with one attached hydrogen (secondary N) is 1. The van der Waals surface area contributed by atoms with Crippen LogP contribution in [0.15, 0.2) is 80.5 Å². The van der Waals surface area contributed by atoms with E-state index in [-0.39, 0.29) is 25.6 Å². The van der Waals surface area contributed by atoms with E-state index < -0.39 is 36.3 Å². The second kappa shape index (κ2) is 7.78. The largest absolute Gasteiger partial charge is 0.495 e. The summed E-state index contributed by atoms with van der Waals surface area (Å²) in [6, 6.07) is 13.4. The molecule has 2 aromatic carbocycles. The molecule has 0 bridgehead atoms. The lowest BCUT2D eigenvalue weighted by Crippen LogP contribution is -2.30. The van der Waals surface area contributed by atoms with Crippen molar-refractivity contribution in [1.82, 2.24) is 5.10 Å². The van der Waals surface area contributed by atoms with E-state index in [4.69, 9.17) is 4.74 Å². The number of para-hydroxylation sites is 1. The number of benzene rings is 2. The summed E-state index contributed by atoms with van der Waals surface area (Å²) in [6.07, 6.45) is 0. The minimum Gasteiger partial charge on any atom is -0.495 e. The van der Waals surface area contributed by atoms with E-state index >= 15 is 0 Å². The standard InChI is InChI=1S/C18H17N2O7S2/c1-27-14-7-3-5-9-16(14)29(25,26)18-11-10-17(19-20(18)22)28(23,24)15-8-4-2-6-13(15)12-21/h2-11,21H,12H2,1H3,(H,19,22)/q+1. The van der Waals surface area contributed by atoms with Crippen LogP contribution in [0.2, 0.25) is 0 Å². The number of sulfone groups is 2. The molecular formula is C18H17N2O7S2+. The molecule has 29 heavy (non-hydrogen) atoms. The van der Waals surface area contributed by atoms with Crippen LogP contribution in [0.4, 0.5) is 0 Å². The van der Waals surface area contributed by atoms with Gasteiger partial charge in [0.05, 0.1) is 23.5 Å². The summed E-state index contributed by atoms with van der Waals surface area (Å²) in [5, 5.41) is 10.2. The van der Waals surface area contributed by atoms with Gasteiger partial charge in [-0.15, -0.1) is 5.10 Å². The minimum atomic E-state index is -4.29. The topological polar surface area (TPSA) is 136 Å². The number of hydrogen-bond acceptors (Lipinski definition) is 7. The predicted octanol–water partition coefficient (Wildman–Crippen LogP) is 1.10. The van der Waals surface area contributed by atoms with Crippen LogP contribution in [0.1, 0.15) is 5.56 Å². The number of aliphatic hydroxyl groups is 1. The molecule has 1 heterocycles. The summed E-state index contributed by atoms with van der Waals surface area (Å²) in [5.41, 5.74) is 0.143. The predicted molar refractivity (Wildman–Crippen MR) is 100 cm³/mol. The summed E-state index contributed by atoms with van der Waals surface area (Å²) in [6.45, 7) is -0.521. The van der Waals surface area contributed by atoms with E-state index in [2.05, 4.69) is 5.10 Å². The second-order valence-corrected chi connectivity index (χ2v) is 9.62. The Balaban J connectivity index is 2.14. The molecule has 0 saturated carbocycles. The summed E-state index contributed by atoms with van der Waals surface area (Å²) in [7, 11) is -7.20. The van der Waals surface area contributed by atoms with Crippen LogP contribution in [-0.4, -0.2) is 34.2 Å². The number of aliphatic hydroxyl groups excluding tert-OH is 1. The highest BCUT2D eigenvalue weighted by Crippen LogP contribution is 2.28. The molecule has 0 saturated heterocycles. The molecule has 1 aromatic heterocycles. The number of hydrogen-bond donors (Lipinski definition) is 2. The van der Waals surface area contributed by atoms with Gasteiger partial charge in [0.1, 0.15) is 10.6 Å². The first-order valence-corrected chi connectivity index (χ1v) is 11.2. The molecule has 152 valence electrons. The molecule has 0 spiro atoms. The van der Waals surface area contributed by atoms with E-state index in [1.54, 1.807) is 12.1 Å². The number of H-pyrrole nitrogens is 1. The molecule has 0 amide bonds. The third-order valence-corrected chi connectivity index (χ3v) is 7.70. The molecule has 9 nitrogen and oxygen atoms in total. The van der Waals surface area contributed by atoms with E-state index in [0.29, 0.717) is 0 Å². The molecule has 2 N–H and O–H groups in total. The molecule has 3 rings (SSSR count). The van der Waals surface area contributed by atoms with E-state index in [1.165, 1.54) is 43.5 Å². The van der Waals surface area contributed by atoms with Gasteiger partial charge in [0.15, 0.2) is 9.57 Å². The molecule has 0 unspecified atom stereocenters. The van der Waals surface area contributed by atoms with Gasteiger partial charge in [-0.05, 0) is 29.8 Å². The lowest BCUT2D eigenvalue weighted by Gasteiger charge is -2.08. The Bertz CT molecular complexity index is 1330. The number of rotatable bonds is 6. The van der Waals surface area contributed by atoms with Crippen LogP contribution in [0.25, 0.3) is 0 Å². The Morgan fingerprint density at radius 1 is 0.897 bits per heavy atom. The monoisotopic (exact) mass is 437 g/mol. The average Bonchev–Trinajstić information content (AvgIpc) is 2.73. The van der Waals surface area contributed by atoms with Gasteiger partial charge >= 0.3 is 5.03 Å². The van der Waals surface area contributed by atoms with Crippen molar-refractivity contribution in [3.8, 4) is 5.75 Å². The van der Waals surface area contributed by atoms with Crippen molar-refractivity contribution in [1.29, 1.82) is 0 Å². The van der Waals surface area contributed by atoms with Crippen molar-refractivity contribution in [2.24, 2.45) is 0 Å². The van der Waals surface area contributed by atoms with E-state index in [1.807, 2.05) is 0 Å². The van der Waals surface area contributed by atoms with Crippen LogP contribution < -0.4 is 9.28 Å². The zero-order chi connectivity index (χ0) is 21.2. The Morgan fingerprint density at radius 3 is 2.14 bits per heavy atom. The first kappa shape index (κ1) is 20.7. The summed E-state index contributed by atoms with van der Waals surface area (Å²) in [5.74, 6) is 0.0427. The van der Waals surface area contributed by atoms with Crippen molar-refractivity contribution < 1.29 is 31.2 Å². The number of aromatic nitrogens is 2. The summed E-state index contributed by atoms with van der Waals surface area (Å²) < 4.78 is 56.3. The van der Waals surface area contributed by atoms with Crippen molar-refractivity contribution in [3.05, 3.63) is 71.1 Å². The van der Waals surface area contributed by atoms with Crippen molar-refractivity contribution in [2.75, 3.05) is 7.11 Å². The van der Waals surface area contributed by atoms with Gasteiger partial charge in [-0.1, -0.05) is 30.3 Å². The van der Waals surface area contributed by atoms with Crippen LogP contribution in [0.3, 0.4) is 0 Å². The molecule has 0 aliphatic carbocycles. The fraction of sp³-hybridized carbons (Fsp3) is 0.111. The van der Waals surface area contributed by atoms with Gasteiger partial charge in [0.2, 0.25) is 9.84 Å². The Hall–Kier alpha value is -3.02. The van der Waals surface area contributed by atoms with E-state index in [9.17, 15) is 26.8 Å². The minimum absolute atomic E-state index is 0.0427. The van der Waals surface area contributed by atoms with Crippen LogP contribution in [-0.2, 0) is 26.3 Å². The maximum absolute atomic E-state index is 12.9. The first-order chi connectivity index (χ1) is 13.7. The molecule has 3 aromatic rings. The van der Waals surface area contributed by atoms with Crippen molar-refractivity contribution in [2.45, 2.75) is 26.4 Å². The van der Waals surface area contributed by atoms with E-state index in [0.717, 1.165) is 12.1 Å². The zero-order valence-electron chi connectivity index (χ0n) is 15.1. The first-order valence-electron chi connectivity index (χ1n) is 8.21. The maximum atomic E-state index is 12.9. The SMILES string of the molecule is COc1ccccc1S(=O)(=O)c1ccc(S(=O)(=O)c2ccccc2CO)[nH][n+]1=O. The number of methoxy groups -OCH3 is 1. The second-order valence-electron chi connectivity index (χ2n) is 5.87. The zero-order valence-corrected chi connectivity index (χ0v) is 16.8. The lowest BCUT2D eigenvalue weighted by atomic mass is 10.2. The molecule has 0 aliphatic heterocycles. The molecule has 0 radical (unpaired) electrons. The molecule has 0 aliphatic rings. The van der Waals surface area contributed by atoms with Gasteiger partial charge in [0, 0.05) is 6.07 Å². The fourth-order valence-electron chi connectivity index (χ4n) is 2.72. The van der Waals surface area contributed by atoms with Gasteiger partial charge < -0.3 is 9.84 Å². The lowest BCUT2D eigenvalue weighted by molar-refractivity contribution is -0.610. The number of ether oxygens (including phenoxy) is 1. The van der Waals surface area contributed by atoms with Crippen LogP contribution in [0, 0.1) is 4.91 Å². The fourth-order valence-corrected chi connectivity index (χ4v) is 5.56. The van der Waals surface area contributed by atoms with Gasteiger partial charge in [-0.2, -0.15) is 0 Å². The van der Waals surface area contributed by atoms with Crippen molar-refractivity contribution in [3.63, 3.8) is 0 Å². The third-order valence-electron chi connectivity index (χ3n) is 4.15. The number of aromatic amines is 1. The quantitative estimate of drug-likeness (QED) is 0.551.